The van der Waals surface area contributed by atoms with E-state index in [-0.39, 0.29) is 20.5 Å². The van der Waals surface area contributed by atoms with E-state index in [2.05, 4.69) is 44.0 Å². The van der Waals surface area contributed by atoms with Crippen LogP contribution in [0.2, 0.25) is 0 Å². The quantitative estimate of drug-likeness (QED) is 0.271. The van der Waals surface area contributed by atoms with E-state index in [0.717, 1.165) is 43.4 Å². The van der Waals surface area contributed by atoms with Gasteiger partial charge in [-0.15, -0.1) is 0 Å². The maximum Gasteiger partial charge on any atom is 0.194 e. The molecule has 0 heterocycles. The first kappa shape index (κ1) is 15.1. The van der Waals surface area contributed by atoms with Gasteiger partial charge in [0.2, 0.25) is 0 Å². The molecule has 1 aliphatic carbocycles. The standard InChI is InChI=1S/C22H10Br2O2/c23-19-9-3-1-5-11-15(9)17-13(21(11)25)7-8-14-18(17)16-10(20(19)24)4-2-6-12(16)22(14)26/h1-8,19-20H. The van der Waals surface area contributed by atoms with Gasteiger partial charge in [0.1, 0.15) is 0 Å². The second kappa shape index (κ2) is 4.81. The van der Waals surface area contributed by atoms with Gasteiger partial charge in [-0.3, -0.25) is 9.59 Å². The third-order valence-electron chi connectivity index (χ3n) is 5.73. The Morgan fingerprint density at radius 3 is 1.35 bits per heavy atom. The van der Waals surface area contributed by atoms with Crippen LogP contribution in [0.3, 0.4) is 0 Å². The number of benzene rings is 3. The van der Waals surface area contributed by atoms with E-state index in [9.17, 15) is 9.59 Å². The third kappa shape index (κ3) is 1.55. The molecule has 0 bridgehead atoms. The molecule has 26 heavy (non-hydrogen) atoms. The molecule has 5 aromatic carbocycles. The van der Waals surface area contributed by atoms with Gasteiger partial charge in [-0.25, -0.2) is 0 Å². The molecular formula is C22H10Br2O2. The van der Waals surface area contributed by atoms with Gasteiger partial charge < -0.3 is 0 Å². The van der Waals surface area contributed by atoms with Crippen molar-refractivity contribution < 1.29 is 0 Å². The summed E-state index contributed by atoms with van der Waals surface area (Å²) in [7, 11) is 0. The Morgan fingerprint density at radius 2 is 0.923 bits per heavy atom. The lowest BCUT2D eigenvalue weighted by Crippen LogP contribution is -2.02. The van der Waals surface area contributed by atoms with Crippen LogP contribution in [-0.4, -0.2) is 0 Å². The highest BCUT2D eigenvalue weighted by atomic mass is 79.9. The number of halogens is 2. The van der Waals surface area contributed by atoms with Crippen LogP contribution in [-0.2, 0) is 0 Å². The van der Waals surface area contributed by atoms with Gasteiger partial charge >= 0.3 is 0 Å². The largest absolute Gasteiger partial charge is 0.289 e. The zero-order valence-electron chi connectivity index (χ0n) is 13.3. The summed E-state index contributed by atoms with van der Waals surface area (Å²) in [5.41, 5.74) is 2.26. The minimum Gasteiger partial charge on any atom is -0.289 e. The molecule has 0 aromatic heterocycles. The molecule has 0 aliphatic heterocycles. The normalized spacial score (nSPS) is 19.5. The van der Waals surface area contributed by atoms with Crippen LogP contribution in [0.4, 0.5) is 0 Å². The van der Waals surface area contributed by atoms with Crippen molar-refractivity contribution in [2.24, 2.45) is 0 Å². The van der Waals surface area contributed by atoms with Crippen molar-refractivity contribution in [2.75, 3.05) is 0 Å². The fourth-order valence-corrected chi connectivity index (χ4v) is 5.97. The van der Waals surface area contributed by atoms with E-state index >= 15 is 0 Å². The average molecular weight is 466 g/mol. The Hall–Kier alpha value is -2.04. The molecule has 0 N–H and O–H groups in total. The van der Waals surface area contributed by atoms with Crippen molar-refractivity contribution in [3.8, 4) is 0 Å². The molecule has 0 saturated heterocycles. The summed E-state index contributed by atoms with van der Waals surface area (Å²) in [4.78, 5) is 26.1. The second-order valence-corrected chi connectivity index (χ2v) is 8.89. The van der Waals surface area contributed by atoms with Gasteiger partial charge in [0.25, 0.3) is 0 Å². The first-order chi connectivity index (χ1) is 12.6. The third-order valence-corrected chi connectivity index (χ3v) is 8.48. The van der Waals surface area contributed by atoms with Crippen molar-refractivity contribution in [1.29, 1.82) is 0 Å². The molecule has 6 rings (SSSR count). The highest BCUT2D eigenvalue weighted by Gasteiger charge is 2.30. The molecule has 0 saturated carbocycles. The Morgan fingerprint density at radius 1 is 0.538 bits per heavy atom. The van der Waals surface area contributed by atoms with E-state index in [1.165, 1.54) is 0 Å². The number of hydrogen-bond donors (Lipinski definition) is 0. The molecule has 2 atom stereocenters. The van der Waals surface area contributed by atoms with Gasteiger partial charge in [-0.1, -0.05) is 68.3 Å². The lowest BCUT2D eigenvalue weighted by molar-refractivity contribution is 0.956. The van der Waals surface area contributed by atoms with E-state index in [1.807, 2.05) is 36.4 Å². The smallest absolute Gasteiger partial charge is 0.194 e. The van der Waals surface area contributed by atoms with Gasteiger partial charge in [0.05, 0.1) is 9.65 Å². The molecule has 0 fully saturated rings. The zero-order chi connectivity index (χ0) is 17.7. The molecule has 1 aliphatic rings. The Balaban J connectivity index is 2.14. The molecule has 0 spiro atoms. The predicted molar refractivity (Wildman–Crippen MR) is 115 cm³/mol. The monoisotopic (exact) mass is 464 g/mol. The fraction of sp³-hybridized carbons (Fsp3) is 0.0909. The van der Waals surface area contributed by atoms with E-state index in [1.54, 1.807) is 0 Å². The minimum absolute atomic E-state index is 0.00444. The summed E-state index contributed by atoms with van der Waals surface area (Å²) in [5.74, 6) is 0. The van der Waals surface area contributed by atoms with Crippen molar-refractivity contribution in [3.63, 3.8) is 0 Å². The van der Waals surface area contributed by atoms with E-state index in [4.69, 9.17) is 0 Å². The van der Waals surface area contributed by atoms with Crippen LogP contribution in [0.15, 0.2) is 58.1 Å². The lowest BCUT2D eigenvalue weighted by Gasteiger charge is -2.22. The van der Waals surface area contributed by atoms with Crippen LogP contribution < -0.4 is 10.9 Å². The van der Waals surface area contributed by atoms with Gasteiger partial charge in [0, 0.05) is 32.3 Å². The SMILES string of the molecule is O=c1c2cccc3c2c2c1ccc1c(=O)c4cccc(c4c12)C(Br)C3Br. The van der Waals surface area contributed by atoms with Gasteiger partial charge in [-0.05, 0) is 34.0 Å². The van der Waals surface area contributed by atoms with Gasteiger partial charge in [0.15, 0.2) is 10.9 Å². The molecule has 5 aromatic rings. The summed E-state index contributed by atoms with van der Waals surface area (Å²) < 4.78 is 0. The number of rotatable bonds is 0. The summed E-state index contributed by atoms with van der Waals surface area (Å²) in [5, 5.41) is 6.69. The van der Waals surface area contributed by atoms with Crippen LogP contribution >= 0.6 is 31.9 Å². The maximum atomic E-state index is 13.0. The molecule has 4 heteroatoms. The number of alkyl halides is 2. The minimum atomic E-state index is -0.00444. The highest BCUT2D eigenvalue weighted by Crippen LogP contribution is 2.51. The molecule has 0 radical (unpaired) electrons. The van der Waals surface area contributed by atoms with Crippen LogP contribution in [0.1, 0.15) is 20.8 Å². The molecule has 0 amide bonds. The van der Waals surface area contributed by atoms with Crippen molar-refractivity contribution in [3.05, 3.63) is 80.1 Å². The maximum absolute atomic E-state index is 13.0. The summed E-state index contributed by atoms with van der Waals surface area (Å²) in [6.07, 6.45) is 0. The first-order valence-electron chi connectivity index (χ1n) is 8.40. The predicted octanol–water partition coefficient (Wildman–Crippen LogP) is 5.78. The van der Waals surface area contributed by atoms with Gasteiger partial charge in [-0.2, -0.15) is 0 Å². The lowest BCUT2D eigenvalue weighted by atomic mass is 9.92. The summed E-state index contributed by atoms with van der Waals surface area (Å²) in [6, 6.07) is 15.4. The summed E-state index contributed by atoms with van der Waals surface area (Å²) >= 11 is 7.70. The molecule has 2 unspecified atom stereocenters. The zero-order valence-corrected chi connectivity index (χ0v) is 16.5. The second-order valence-electron chi connectivity index (χ2n) is 6.91. The van der Waals surface area contributed by atoms with Crippen molar-refractivity contribution >= 4 is 74.9 Å². The van der Waals surface area contributed by atoms with Crippen LogP contribution in [0, 0.1) is 0 Å². The molecular weight excluding hydrogens is 456 g/mol. The highest BCUT2D eigenvalue weighted by molar-refractivity contribution is 9.12. The molecule has 2 nitrogen and oxygen atoms in total. The summed E-state index contributed by atoms with van der Waals surface area (Å²) in [6.45, 7) is 0. The van der Waals surface area contributed by atoms with E-state index in [0.29, 0.717) is 10.8 Å². The Kier molecular flexibility index (Phi) is 2.79. The van der Waals surface area contributed by atoms with Crippen molar-refractivity contribution in [2.45, 2.75) is 9.65 Å². The van der Waals surface area contributed by atoms with Crippen LogP contribution in [0.25, 0.3) is 43.1 Å². The molecule has 124 valence electrons. The van der Waals surface area contributed by atoms with E-state index < -0.39 is 0 Å². The Labute approximate surface area is 164 Å². The first-order valence-corrected chi connectivity index (χ1v) is 10.2. The van der Waals surface area contributed by atoms with Crippen LogP contribution in [0.5, 0.6) is 0 Å². The fourth-order valence-electron chi connectivity index (χ4n) is 4.64. The topological polar surface area (TPSA) is 34.1 Å². The number of hydrogen-bond acceptors (Lipinski definition) is 2. The average Bonchev–Trinajstić information content (AvgIpc) is 3.13. The Bertz CT molecular complexity index is 1390. The van der Waals surface area contributed by atoms with Crippen molar-refractivity contribution in [1.82, 2.24) is 0 Å².